The first-order chi connectivity index (χ1) is 12.7. The molecule has 0 saturated carbocycles. The monoisotopic (exact) mass is 390 g/mol. The van der Waals surface area contributed by atoms with Gasteiger partial charge in [0.25, 0.3) is 0 Å². The predicted molar refractivity (Wildman–Crippen MR) is 104 cm³/mol. The Morgan fingerprint density at radius 2 is 1.70 bits per heavy atom. The number of benzene rings is 2. The second kappa shape index (κ2) is 8.65. The molecule has 0 spiro atoms. The highest BCUT2D eigenvalue weighted by Gasteiger charge is 2.13. The molecule has 2 aromatic rings. The Bertz CT molecular complexity index is 925. The zero-order valence-electron chi connectivity index (χ0n) is 15.1. The molecule has 8 nitrogen and oxygen atoms in total. The molecule has 0 aliphatic rings. The number of anilines is 2. The third-order valence-corrected chi connectivity index (χ3v) is 4.71. The van der Waals surface area contributed by atoms with Crippen molar-refractivity contribution in [3.05, 3.63) is 54.1 Å². The van der Waals surface area contributed by atoms with E-state index in [0.717, 1.165) is 11.3 Å². The second-order valence-corrected chi connectivity index (χ2v) is 7.66. The maximum atomic E-state index is 12.0. The molecule has 0 aliphatic heterocycles. The minimum absolute atomic E-state index is 0.0228. The van der Waals surface area contributed by atoms with E-state index in [-0.39, 0.29) is 11.4 Å². The van der Waals surface area contributed by atoms with Crippen LogP contribution < -0.4 is 20.7 Å². The first-order valence-corrected chi connectivity index (χ1v) is 9.70. The zero-order valence-corrected chi connectivity index (χ0v) is 15.9. The van der Waals surface area contributed by atoms with Crippen LogP contribution in [-0.4, -0.2) is 40.9 Å². The standard InChI is InChI=1S/C18H22N4O4S/c1-22(2)15-5-3-4-14(12-15)21-18(24)17(23)20-11-10-13-6-8-16(9-7-13)27(19,25)26/h3-9,12H,10-11H2,1-2H3,(H,20,23)(H,21,24)(H2,19,25,26). The Morgan fingerprint density at radius 1 is 1.04 bits per heavy atom. The quantitative estimate of drug-likeness (QED) is 0.627. The smallest absolute Gasteiger partial charge is 0.313 e. The third-order valence-electron chi connectivity index (χ3n) is 3.78. The van der Waals surface area contributed by atoms with Crippen molar-refractivity contribution in [3.63, 3.8) is 0 Å². The maximum Gasteiger partial charge on any atom is 0.313 e. The highest BCUT2D eigenvalue weighted by molar-refractivity contribution is 7.89. The van der Waals surface area contributed by atoms with E-state index in [4.69, 9.17) is 5.14 Å². The molecule has 0 unspecified atom stereocenters. The lowest BCUT2D eigenvalue weighted by Crippen LogP contribution is -2.36. The molecule has 2 amide bonds. The van der Waals surface area contributed by atoms with Crippen LogP contribution in [0.4, 0.5) is 11.4 Å². The van der Waals surface area contributed by atoms with Gasteiger partial charge in [0.05, 0.1) is 4.90 Å². The summed E-state index contributed by atoms with van der Waals surface area (Å²) in [5, 5.41) is 10.1. The fraction of sp³-hybridized carbons (Fsp3) is 0.222. The van der Waals surface area contributed by atoms with Crippen LogP contribution in [0.25, 0.3) is 0 Å². The van der Waals surface area contributed by atoms with Crippen LogP contribution >= 0.6 is 0 Å². The Morgan fingerprint density at radius 3 is 2.30 bits per heavy atom. The molecule has 0 atom stereocenters. The molecule has 144 valence electrons. The number of amides is 2. The molecule has 0 aliphatic carbocycles. The lowest BCUT2D eigenvalue weighted by molar-refractivity contribution is -0.136. The maximum absolute atomic E-state index is 12.0. The van der Waals surface area contributed by atoms with E-state index in [1.165, 1.54) is 12.1 Å². The Balaban J connectivity index is 1.85. The number of hydrogen-bond donors (Lipinski definition) is 3. The highest BCUT2D eigenvalue weighted by atomic mass is 32.2. The molecule has 0 saturated heterocycles. The topological polar surface area (TPSA) is 122 Å². The summed E-state index contributed by atoms with van der Waals surface area (Å²) in [7, 11) is 0.0274. The number of nitrogens with one attached hydrogen (secondary N) is 2. The number of carbonyl (C=O) groups is 2. The molecule has 4 N–H and O–H groups in total. The van der Waals surface area contributed by atoms with Crippen molar-refractivity contribution in [2.45, 2.75) is 11.3 Å². The summed E-state index contributed by atoms with van der Waals surface area (Å²) in [4.78, 5) is 25.8. The molecule has 2 aromatic carbocycles. The number of hydrogen-bond acceptors (Lipinski definition) is 5. The summed E-state index contributed by atoms with van der Waals surface area (Å²) in [6.07, 6.45) is 0.444. The minimum Gasteiger partial charge on any atom is -0.378 e. The van der Waals surface area contributed by atoms with Gasteiger partial charge in [-0.3, -0.25) is 9.59 Å². The fourth-order valence-corrected chi connectivity index (χ4v) is 2.81. The molecule has 9 heteroatoms. The van der Waals surface area contributed by atoms with Crippen molar-refractivity contribution >= 4 is 33.2 Å². The summed E-state index contributed by atoms with van der Waals surface area (Å²) in [6.45, 7) is 0.235. The number of nitrogens with two attached hydrogens (primary N) is 1. The van der Waals surface area contributed by atoms with Gasteiger partial charge < -0.3 is 15.5 Å². The lowest BCUT2D eigenvalue weighted by atomic mass is 10.1. The lowest BCUT2D eigenvalue weighted by Gasteiger charge is -2.14. The second-order valence-electron chi connectivity index (χ2n) is 6.09. The summed E-state index contributed by atoms with van der Waals surface area (Å²) in [5.41, 5.74) is 2.23. The molecule has 0 fully saturated rings. The van der Waals surface area contributed by atoms with Gasteiger partial charge in [-0.25, -0.2) is 13.6 Å². The fourth-order valence-electron chi connectivity index (χ4n) is 2.30. The van der Waals surface area contributed by atoms with Crippen molar-refractivity contribution < 1.29 is 18.0 Å². The van der Waals surface area contributed by atoms with Gasteiger partial charge in [0.1, 0.15) is 0 Å². The zero-order chi connectivity index (χ0) is 20.0. The predicted octanol–water partition coefficient (Wildman–Crippen LogP) is 0.697. The van der Waals surface area contributed by atoms with Gasteiger partial charge in [-0.15, -0.1) is 0 Å². The number of nitrogens with zero attached hydrogens (tertiary/aromatic N) is 1. The molecule has 2 rings (SSSR count). The molecule has 27 heavy (non-hydrogen) atoms. The van der Waals surface area contributed by atoms with Crippen LogP contribution in [0, 0.1) is 0 Å². The number of primary sulfonamides is 1. The number of carbonyl (C=O) groups excluding carboxylic acids is 2. The van der Waals surface area contributed by atoms with Crippen molar-refractivity contribution in [2.24, 2.45) is 5.14 Å². The van der Waals surface area contributed by atoms with Gasteiger partial charge in [-0.1, -0.05) is 18.2 Å². The van der Waals surface area contributed by atoms with E-state index in [2.05, 4.69) is 10.6 Å². The van der Waals surface area contributed by atoms with Crippen molar-refractivity contribution in [1.82, 2.24) is 5.32 Å². The summed E-state index contributed by atoms with van der Waals surface area (Å²) in [6, 6.07) is 13.2. The van der Waals surface area contributed by atoms with Gasteiger partial charge in [-0.2, -0.15) is 0 Å². The first-order valence-electron chi connectivity index (χ1n) is 8.15. The van der Waals surface area contributed by atoms with Gasteiger partial charge in [0.2, 0.25) is 10.0 Å². The third kappa shape index (κ3) is 6.08. The Labute approximate surface area is 158 Å². The number of sulfonamides is 1. The van der Waals surface area contributed by atoms with Crippen molar-refractivity contribution in [1.29, 1.82) is 0 Å². The molecule has 0 heterocycles. The van der Waals surface area contributed by atoms with Gasteiger partial charge in [-0.05, 0) is 42.3 Å². The van der Waals surface area contributed by atoms with E-state index in [1.54, 1.807) is 30.3 Å². The Hall–Kier alpha value is -2.91. The van der Waals surface area contributed by atoms with E-state index in [0.29, 0.717) is 12.1 Å². The van der Waals surface area contributed by atoms with Gasteiger partial charge >= 0.3 is 11.8 Å². The van der Waals surface area contributed by atoms with Crippen LogP contribution in [-0.2, 0) is 26.0 Å². The molecule has 0 radical (unpaired) electrons. The van der Waals surface area contributed by atoms with Crippen LogP contribution in [0.3, 0.4) is 0 Å². The minimum atomic E-state index is -3.73. The Kier molecular flexibility index (Phi) is 6.54. The first kappa shape index (κ1) is 20.4. The summed E-state index contributed by atoms with van der Waals surface area (Å²) < 4.78 is 22.4. The van der Waals surface area contributed by atoms with E-state index in [1.807, 2.05) is 25.1 Å². The average molecular weight is 390 g/mol. The summed E-state index contributed by atoms with van der Waals surface area (Å²) >= 11 is 0. The van der Waals surface area contributed by atoms with E-state index < -0.39 is 21.8 Å². The molecular formula is C18H22N4O4S. The van der Waals surface area contributed by atoms with Crippen molar-refractivity contribution in [2.75, 3.05) is 30.9 Å². The van der Waals surface area contributed by atoms with Gasteiger partial charge in [0, 0.05) is 32.0 Å². The van der Waals surface area contributed by atoms with E-state index in [9.17, 15) is 18.0 Å². The van der Waals surface area contributed by atoms with Crippen molar-refractivity contribution in [3.8, 4) is 0 Å². The average Bonchev–Trinajstić information content (AvgIpc) is 2.61. The van der Waals surface area contributed by atoms with Crippen LogP contribution in [0.1, 0.15) is 5.56 Å². The van der Waals surface area contributed by atoms with Crippen LogP contribution in [0.2, 0.25) is 0 Å². The summed E-state index contributed by atoms with van der Waals surface area (Å²) in [5.74, 6) is -1.50. The van der Waals surface area contributed by atoms with Crippen LogP contribution in [0.5, 0.6) is 0 Å². The molecule has 0 aromatic heterocycles. The SMILES string of the molecule is CN(C)c1cccc(NC(=O)C(=O)NCCc2ccc(S(N)(=O)=O)cc2)c1. The normalized spacial score (nSPS) is 10.9. The number of rotatable bonds is 6. The van der Waals surface area contributed by atoms with Gasteiger partial charge in [0.15, 0.2) is 0 Å². The largest absolute Gasteiger partial charge is 0.378 e. The molecule has 0 bridgehead atoms. The molecular weight excluding hydrogens is 368 g/mol. The highest BCUT2D eigenvalue weighted by Crippen LogP contribution is 2.17. The van der Waals surface area contributed by atoms with E-state index >= 15 is 0 Å². The van der Waals surface area contributed by atoms with Crippen LogP contribution in [0.15, 0.2) is 53.4 Å².